The van der Waals surface area contributed by atoms with E-state index in [9.17, 15) is 27.1 Å². The Kier molecular flexibility index (Phi) is 7.50. The lowest BCUT2D eigenvalue weighted by molar-refractivity contribution is -0.125. The number of amides is 1. The number of carbonyl (C=O) groups excluding carboxylic acids is 1. The Bertz CT molecular complexity index is 1040. The molecule has 2 aromatic carbocycles. The Labute approximate surface area is 178 Å². The molecule has 166 valence electrons. The minimum absolute atomic E-state index is 0.0193. The highest BCUT2D eigenvalue weighted by Gasteiger charge is 2.31. The molecule has 3 atom stereocenters. The molecule has 1 amide bonds. The highest BCUT2D eigenvalue weighted by Crippen LogP contribution is 2.19. The smallest absolute Gasteiger partial charge is 0.241 e. The fourth-order valence-electron chi connectivity index (χ4n) is 3.06. The van der Waals surface area contributed by atoms with E-state index in [4.69, 9.17) is 4.74 Å². The molecule has 0 fully saturated rings. The number of nitrogens with one attached hydrogen (secondary N) is 2. The van der Waals surface area contributed by atoms with Gasteiger partial charge >= 0.3 is 0 Å². The third-order valence-electron chi connectivity index (χ3n) is 4.70. The Morgan fingerprint density at radius 2 is 1.77 bits per heavy atom. The molecule has 3 rings (SSSR count). The van der Waals surface area contributed by atoms with Crippen molar-refractivity contribution in [1.29, 1.82) is 0 Å². The number of aliphatic hydroxyl groups is 1. The topological polar surface area (TPSA) is 105 Å². The monoisotopic (exact) mass is 452 g/mol. The second-order valence-corrected chi connectivity index (χ2v) is 8.67. The lowest BCUT2D eigenvalue weighted by Crippen LogP contribution is -2.49. The van der Waals surface area contributed by atoms with Crippen molar-refractivity contribution < 1.29 is 31.8 Å². The van der Waals surface area contributed by atoms with Gasteiger partial charge in [0.05, 0.1) is 30.1 Å². The minimum Gasteiger partial charge on any atom is -0.394 e. The third-order valence-corrected chi connectivity index (χ3v) is 6.17. The summed E-state index contributed by atoms with van der Waals surface area (Å²) >= 11 is 0. The quantitative estimate of drug-likeness (QED) is 0.528. The van der Waals surface area contributed by atoms with Crippen molar-refractivity contribution in [2.24, 2.45) is 0 Å². The van der Waals surface area contributed by atoms with Gasteiger partial charge < -0.3 is 15.2 Å². The molecule has 7 nitrogen and oxygen atoms in total. The number of halogens is 2. The van der Waals surface area contributed by atoms with Crippen LogP contribution in [0.4, 0.5) is 8.78 Å². The van der Waals surface area contributed by atoms with E-state index in [1.165, 1.54) is 18.2 Å². The highest BCUT2D eigenvalue weighted by molar-refractivity contribution is 7.89. The molecular weight excluding hydrogens is 430 g/mol. The molecule has 0 spiro atoms. The second kappa shape index (κ2) is 10.1. The Morgan fingerprint density at radius 1 is 1.06 bits per heavy atom. The second-order valence-electron chi connectivity index (χ2n) is 6.95. The Balaban J connectivity index is 1.59. The molecule has 1 heterocycles. The SMILES string of the molecule is O=C(C[C@H]1C=C[C@@H](NS(=O)(=O)c2ccc(F)cc2)[C@@H](CO)O1)NCc1ccccc1F. The van der Waals surface area contributed by atoms with Gasteiger partial charge in [-0.15, -0.1) is 0 Å². The molecule has 0 aliphatic carbocycles. The van der Waals surface area contributed by atoms with Crippen LogP contribution in [0.25, 0.3) is 0 Å². The van der Waals surface area contributed by atoms with Crippen molar-refractivity contribution in [2.75, 3.05) is 6.61 Å². The van der Waals surface area contributed by atoms with Gasteiger partial charge in [0, 0.05) is 12.1 Å². The zero-order chi connectivity index (χ0) is 22.4. The first-order valence-corrected chi connectivity index (χ1v) is 11.0. The summed E-state index contributed by atoms with van der Waals surface area (Å²) in [5.41, 5.74) is 0.347. The number of ether oxygens (including phenoxy) is 1. The van der Waals surface area contributed by atoms with Crippen LogP contribution in [-0.2, 0) is 26.1 Å². The number of aliphatic hydroxyl groups excluding tert-OH is 1. The first-order valence-electron chi connectivity index (χ1n) is 9.51. The lowest BCUT2D eigenvalue weighted by Gasteiger charge is -2.31. The summed E-state index contributed by atoms with van der Waals surface area (Å²) in [5.74, 6) is -1.38. The summed E-state index contributed by atoms with van der Waals surface area (Å²) < 4.78 is 59.7. The fraction of sp³-hybridized carbons (Fsp3) is 0.286. The molecule has 1 aliphatic heterocycles. The van der Waals surface area contributed by atoms with Crippen molar-refractivity contribution in [2.45, 2.75) is 36.1 Å². The van der Waals surface area contributed by atoms with Gasteiger partial charge in [-0.05, 0) is 30.3 Å². The van der Waals surface area contributed by atoms with Crippen molar-refractivity contribution in [3.05, 3.63) is 77.9 Å². The maximum absolute atomic E-state index is 13.6. The van der Waals surface area contributed by atoms with E-state index >= 15 is 0 Å². The zero-order valence-corrected chi connectivity index (χ0v) is 17.2. The van der Waals surface area contributed by atoms with Gasteiger partial charge in [-0.25, -0.2) is 21.9 Å². The Morgan fingerprint density at radius 3 is 2.45 bits per heavy atom. The van der Waals surface area contributed by atoms with Crippen LogP contribution in [0.3, 0.4) is 0 Å². The maximum atomic E-state index is 13.6. The van der Waals surface area contributed by atoms with Crippen LogP contribution >= 0.6 is 0 Å². The zero-order valence-electron chi connectivity index (χ0n) is 16.4. The molecule has 2 aromatic rings. The van der Waals surface area contributed by atoms with Crippen molar-refractivity contribution >= 4 is 15.9 Å². The van der Waals surface area contributed by atoms with Gasteiger partial charge in [-0.1, -0.05) is 30.4 Å². The predicted octanol–water partition coefficient (Wildman–Crippen LogP) is 1.63. The van der Waals surface area contributed by atoms with E-state index < -0.39 is 46.5 Å². The number of sulfonamides is 1. The molecular formula is C21H22F2N2O5S. The summed E-state index contributed by atoms with van der Waals surface area (Å²) in [5, 5.41) is 12.2. The number of rotatable bonds is 8. The van der Waals surface area contributed by atoms with E-state index in [2.05, 4.69) is 10.0 Å². The van der Waals surface area contributed by atoms with E-state index in [-0.39, 0.29) is 23.8 Å². The standard InChI is InChI=1S/C21H22F2N2O5S/c22-15-5-8-17(9-6-15)31(28,29)25-19-10-7-16(30-20(19)13-26)11-21(27)24-12-14-3-1-2-4-18(14)23/h1-10,16,19-20,25-26H,11-13H2,(H,24,27)/t16-,19-,20-/m1/s1. The van der Waals surface area contributed by atoms with Crippen molar-refractivity contribution in [1.82, 2.24) is 10.0 Å². The number of hydrogen-bond acceptors (Lipinski definition) is 5. The first kappa shape index (κ1) is 23.0. The molecule has 0 unspecified atom stereocenters. The third kappa shape index (κ3) is 6.17. The van der Waals surface area contributed by atoms with Gasteiger partial charge in [-0.2, -0.15) is 0 Å². The maximum Gasteiger partial charge on any atom is 0.241 e. The summed E-state index contributed by atoms with van der Waals surface area (Å²) in [6.07, 6.45) is 1.32. The van der Waals surface area contributed by atoms with Crippen molar-refractivity contribution in [3.8, 4) is 0 Å². The van der Waals surface area contributed by atoms with Gasteiger partial charge in [-0.3, -0.25) is 4.79 Å². The van der Waals surface area contributed by atoms with E-state index in [0.29, 0.717) is 5.56 Å². The van der Waals surface area contributed by atoms with Crippen LogP contribution in [0.5, 0.6) is 0 Å². The molecule has 31 heavy (non-hydrogen) atoms. The average Bonchev–Trinajstić information content (AvgIpc) is 2.74. The lowest BCUT2D eigenvalue weighted by atomic mass is 10.1. The predicted molar refractivity (Wildman–Crippen MR) is 108 cm³/mol. The van der Waals surface area contributed by atoms with Crippen molar-refractivity contribution in [3.63, 3.8) is 0 Å². The molecule has 0 aromatic heterocycles. The van der Waals surface area contributed by atoms with Crippen LogP contribution in [0.15, 0.2) is 65.6 Å². The fourth-order valence-corrected chi connectivity index (χ4v) is 4.28. The summed E-state index contributed by atoms with van der Waals surface area (Å²) in [6, 6.07) is 9.51. The van der Waals surface area contributed by atoms with E-state index in [1.807, 2.05) is 0 Å². The largest absolute Gasteiger partial charge is 0.394 e. The summed E-state index contributed by atoms with van der Waals surface area (Å²) in [4.78, 5) is 12.0. The molecule has 3 N–H and O–H groups in total. The number of benzene rings is 2. The Hall–Kier alpha value is -2.66. The van der Waals surface area contributed by atoms with Crippen LogP contribution < -0.4 is 10.0 Å². The molecule has 0 saturated heterocycles. The van der Waals surface area contributed by atoms with Crippen LogP contribution in [0.1, 0.15) is 12.0 Å². The van der Waals surface area contributed by atoms with Gasteiger partial charge in [0.2, 0.25) is 15.9 Å². The van der Waals surface area contributed by atoms with Gasteiger partial charge in [0.25, 0.3) is 0 Å². The minimum atomic E-state index is -3.98. The molecule has 10 heteroatoms. The normalized spacial score (nSPS) is 21.1. The number of hydrogen-bond donors (Lipinski definition) is 3. The molecule has 1 aliphatic rings. The molecule has 0 saturated carbocycles. The first-order chi connectivity index (χ1) is 14.8. The molecule has 0 radical (unpaired) electrons. The van der Waals surface area contributed by atoms with Crippen LogP contribution in [0, 0.1) is 11.6 Å². The van der Waals surface area contributed by atoms with E-state index in [0.717, 1.165) is 24.3 Å². The highest BCUT2D eigenvalue weighted by atomic mass is 32.2. The van der Waals surface area contributed by atoms with Gasteiger partial charge in [0.15, 0.2) is 0 Å². The van der Waals surface area contributed by atoms with E-state index in [1.54, 1.807) is 18.2 Å². The average molecular weight is 452 g/mol. The molecule has 0 bridgehead atoms. The summed E-state index contributed by atoms with van der Waals surface area (Å²) in [6.45, 7) is -0.472. The van der Waals surface area contributed by atoms with Crippen LogP contribution in [0.2, 0.25) is 0 Å². The number of carbonyl (C=O) groups is 1. The summed E-state index contributed by atoms with van der Waals surface area (Å²) in [7, 11) is -3.98. The van der Waals surface area contributed by atoms with Gasteiger partial charge in [0.1, 0.15) is 17.7 Å². The van der Waals surface area contributed by atoms with Crippen LogP contribution in [-0.4, -0.2) is 44.3 Å².